The summed E-state index contributed by atoms with van der Waals surface area (Å²) in [5.41, 5.74) is 19.6. The molecule has 0 radical (unpaired) electrons. The summed E-state index contributed by atoms with van der Waals surface area (Å²) in [4.78, 5) is 0. The third-order valence-corrected chi connectivity index (χ3v) is 23.0. The molecular formula is C121H81Cl2F19O. The largest absolute Gasteiger partial charge is 0.573 e. The zero-order valence-corrected chi connectivity index (χ0v) is 78.8. The van der Waals surface area contributed by atoms with E-state index in [1.165, 1.54) is 90.8 Å². The van der Waals surface area contributed by atoms with E-state index in [2.05, 4.69) is 83.9 Å². The molecule has 0 N–H and O–H groups in total. The van der Waals surface area contributed by atoms with E-state index in [4.69, 9.17) is 23.2 Å². The number of halogens is 21. The maximum Gasteiger partial charge on any atom is 0.573 e. The average Bonchev–Trinajstić information content (AvgIpc) is 0.785. The SMILES string of the molecule is Cc1ccc(-c2ccc(-c3cc(F)c(Cl)c(F)c3)c(F)c2)cc1.Cc1ccc(-c2ccc(-c3cc(F)c(F)c(F)c3)c(F)c2)cc1.Cc1ccc(-c2ccc(-c3cc(F)c(OC(F)(F)F)c(F)c3)c(F)c2)cc1.Cc1ccc(-c2ccc(-c3ccc(Cl)cc3F)cc2F)cc1.Cc1ccc(-c2ccc(C#Cc3c(F)cc(C)cc3F)cc2)cc1.Cc1ccc(-c2ccc(C#Cc3ccc(C)c(F)c3F)cc2)cc1. The molecule has 0 bridgehead atoms. The number of hydrogen-bond acceptors (Lipinski definition) is 1. The van der Waals surface area contributed by atoms with Gasteiger partial charge in [-0.1, -0.05) is 305 Å². The minimum absolute atomic E-state index is 0.0126. The van der Waals surface area contributed by atoms with Crippen LogP contribution in [-0.4, -0.2) is 6.36 Å². The van der Waals surface area contributed by atoms with Crippen molar-refractivity contribution in [1.82, 2.24) is 0 Å². The smallest absolute Gasteiger partial charge is 0.399 e. The highest BCUT2D eigenvalue weighted by Gasteiger charge is 2.35. The van der Waals surface area contributed by atoms with Gasteiger partial charge < -0.3 is 4.74 Å². The van der Waals surface area contributed by atoms with E-state index < -0.39 is 104 Å². The van der Waals surface area contributed by atoms with Crippen molar-refractivity contribution in [3.8, 4) is 141 Å². The van der Waals surface area contributed by atoms with E-state index in [1.807, 2.05) is 168 Å². The summed E-state index contributed by atoms with van der Waals surface area (Å²) in [6, 6.07) is 94.4. The van der Waals surface area contributed by atoms with Gasteiger partial charge in [0.05, 0.1) is 11.1 Å². The van der Waals surface area contributed by atoms with Crippen molar-refractivity contribution < 1.29 is 88.2 Å². The van der Waals surface area contributed by atoms with Crippen molar-refractivity contribution in [3.63, 3.8) is 0 Å². The van der Waals surface area contributed by atoms with Gasteiger partial charge in [-0.05, 0) is 271 Å². The normalized spacial score (nSPS) is 10.7. The minimum atomic E-state index is -5.25. The molecule has 0 atom stereocenters. The molecule has 0 aromatic heterocycles. The Bertz CT molecular complexity index is 7540. The highest BCUT2D eigenvalue weighted by molar-refractivity contribution is 6.31. The Hall–Kier alpha value is -15.9. The molecule has 0 aliphatic heterocycles. The first-order valence-electron chi connectivity index (χ1n) is 43.9. The third-order valence-electron chi connectivity index (χ3n) is 22.4. The number of benzene rings is 18. The van der Waals surface area contributed by atoms with Gasteiger partial charge in [0.15, 0.2) is 40.7 Å². The van der Waals surface area contributed by atoms with Gasteiger partial charge in [-0.25, -0.2) is 70.2 Å². The first-order chi connectivity index (χ1) is 68.1. The van der Waals surface area contributed by atoms with E-state index >= 15 is 0 Å². The maximum atomic E-state index is 14.5. The van der Waals surface area contributed by atoms with Crippen LogP contribution < -0.4 is 4.74 Å². The van der Waals surface area contributed by atoms with Crippen LogP contribution in [0.4, 0.5) is 83.4 Å². The number of hydrogen-bond donors (Lipinski definition) is 0. The molecule has 0 unspecified atom stereocenters. The van der Waals surface area contributed by atoms with Gasteiger partial charge in [-0.3, -0.25) is 0 Å². The van der Waals surface area contributed by atoms with Crippen molar-refractivity contribution >= 4 is 23.2 Å². The van der Waals surface area contributed by atoms with E-state index in [0.717, 1.165) is 96.6 Å². The van der Waals surface area contributed by atoms with Gasteiger partial charge in [-0.15, -0.1) is 13.2 Å². The molecule has 0 fully saturated rings. The Balaban J connectivity index is 0.000000144. The lowest BCUT2D eigenvalue weighted by Gasteiger charge is -2.12. The fourth-order valence-electron chi connectivity index (χ4n) is 14.6. The molecule has 1 nitrogen and oxygen atoms in total. The van der Waals surface area contributed by atoms with Gasteiger partial charge in [0, 0.05) is 44.0 Å². The van der Waals surface area contributed by atoms with E-state index in [1.54, 1.807) is 61.5 Å². The van der Waals surface area contributed by atoms with Crippen LogP contribution >= 0.6 is 23.2 Å². The topological polar surface area (TPSA) is 9.23 Å². The highest BCUT2D eigenvalue weighted by atomic mass is 35.5. The van der Waals surface area contributed by atoms with Crippen molar-refractivity contribution in [2.75, 3.05) is 0 Å². The van der Waals surface area contributed by atoms with Gasteiger partial charge in [0.25, 0.3) is 0 Å². The Labute approximate surface area is 824 Å². The van der Waals surface area contributed by atoms with Crippen LogP contribution in [0.25, 0.3) is 111 Å². The highest BCUT2D eigenvalue weighted by Crippen LogP contribution is 2.39. The third kappa shape index (κ3) is 27.6. The zero-order chi connectivity index (χ0) is 103. The molecule has 18 aromatic carbocycles. The molecule has 0 saturated carbocycles. The summed E-state index contributed by atoms with van der Waals surface area (Å²) in [5, 5.41) is -0.275. The maximum absolute atomic E-state index is 14.5. The molecule has 0 amide bonds. The predicted molar refractivity (Wildman–Crippen MR) is 532 cm³/mol. The van der Waals surface area contributed by atoms with Crippen molar-refractivity contribution in [1.29, 1.82) is 0 Å². The van der Waals surface area contributed by atoms with E-state index in [-0.39, 0.29) is 55.9 Å². The summed E-state index contributed by atoms with van der Waals surface area (Å²) in [7, 11) is 0. The molecule has 0 saturated heterocycles. The van der Waals surface area contributed by atoms with E-state index in [0.29, 0.717) is 61.7 Å². The van der Waals surface area contributed by atoms with Crippen LogP contribution in [0, 0.1) is 172 Å². The van der Waals surface area contributed by atoms with Crippen LogP contribution in [0.2, 0.25) is 10.0 Å². The molecule has 0 heterocycles. The molecule has 0 spiro atoms. The van der Waals surface area contributed by atoms with Crippen LogP contribution in [0.15, 0.2) is 346 Å². The lowest BCUT2D eigenvalue weighted by molar-refractivity contribution is -0.276. The molecule has 0 aliphatic rings. The molecular weight excluding hydrogens is 1900 g/mol. The first-order valence-corrected chi connectivity index (χ1v) is 44.7. The summed E-state index contributed by atoms with van der Waals surface area (Å²) >= 11 is 11.2. The number of alkyl halides is 3. The van der Waals surface area contributed by atoms with Crippen LogP contribution in [0.5, 0.6) is 5.75 Å². The van der Waals surface area contributed by atoms with Gasteiger partial charge in [-0.2, -0.15) is 0 Å². The molecule has 18 rings (SSSR count). The fourth-order valence-corrected chi connectivity index (χ4v) is 14.8. The molecule has 22 heteroatoms. The van der Waals surface area contributed by atoms with Crippen molar-refractivity contribution in [2.24, 2.45) is 0 Å². The molecule has 18 aromatic rings. The zero-order valence-electron chi connectivity index (χ0n) is 77.3. The summed E-state index contributed by atoms with van der Waals surface area (Å²) in [6.45, 7) is 15.1. The standard InChI is InChI=1S/2C22H16F2.C20H12F6O.C19H12ClF3.C19H13ClF2.C19H12F4/c1-15-3-9-18(10-4-15)19-12-6-17(7-13-19)8-14-20-11-5-16(2)21(23)22(20)24;1-15-3-8-18(9-4-15)19-10-5-17(6-11-19)7-12-20-21(23)13-16(2)14-22(20)24;1-11-2-4-12(5-3-11)13-6-7-15(16(21)8-13)14-9-17(22)19(18(23)10-14)27-20(24,25)26;1-11-2-4-12(5-3-11)13-6-7-15(16(21)8-13)14-9-17(22)19(20)18(23)10-14;1-12-2-4-13(5-3-12)16-8-6-14(10-18(16)21)17-9-7-15(20)11-19(17)22;1-11-2-4-12(5-3-11)13-6-7-15(16(20)8-13)14-9-17(21)19(23)18(22)10-14/h3-7,9-13H,1-2H3;3-6,8-11,13-14H,1-2H3;2-10H,1H3;2-10H,1H3;2-11H,1H3;2-10H,1H3. The Morgan fingerprint density at radius 1 is 0.203 bits per heavy atom. The molecule has 718 valence electrons. The Morgan fingerprint density at radius 2 is 0.469 bits per heavy atom. The van der Waals surface area contributed by atoms with Gasteiger partial charge in [0.1, 0.15) is 57.4 Å². The Kier molecular flexibility index (Phi) is 34.3. The number of aryl methyl sites for hydroxylation is 8. The predicted octanol–water partition coefficient (Wildman–Crippen LogP) is 36.5. The summed E-state index contributed by atoms with van der Waals surface area (Å²) in [5.74, 6) is -5.61. The average molecular weight is 1980 g/mol. The van der Waals surface area contributed by atoms with Gasteiger partial charge in [0.2, 0.25) is 5.75 Å². The second kappa shape index (κ2) is 46.9. The minimum Gasteiger partial charge on any atom is -0.399 e. The number of ether oxygens (including phenoxy) is 1. The molecule has 143 heavy (non-hydrogen) atoms. The first kappa shape index (κ1) is 104. The quantitative estimate of drug-likeness (QED) is 0.0712. The van der Waals surface area contributed by atoms with Crippen LogP contribution in [-0.2, 0) is 0 Å². The van der Waals surface area contributed by atoms with E-state index in [9.17, 15) is 83.4 Å². The second-order valence-electron chi connectivity index (χ2n) is 33.2. The molecule has 0 aliphatic carbocycles. The second-order valence-corrected chi connectivity index (χ2v) is 34.1. The lowest BCUT2D eigenvalue weighted by atomic mass is 9.99. The monoisotopic (exact) mass is 1980 g/mol. The summed E-state index contributed by atoms with van der Waals surface area (Å²) in [6.07, 6.45) is -5.25. The lowest BCUT2D eigenvalue weighted by Crippen LogP contribution is -2.19. The summed E-state index contributed by atoms with van der Waals surface area (Å²) < 4.78 is 261. The Morgan fingerprint density at radius 3 is 0.811 bits per heavy atom. The van der Waals surface area contributed by atoms with Gasteiger partial charge >= 0.3 is 6.36 Å². The van der Waals surface area contributed by atoms with Crippen LogP contribution in [0.3, 0.4) is 0 Å². The van der Waals surface area contributed by atoms with Crippen LogP contribution in [0.1, 0.15) is 66.8 Å². The fraction of sp³-hybridized carbons (Fsp3) is 0.0744. The van der Waals surface area contributed by atoms with Crippen molar-refractivity contribution in [3.05, 3.63) is 516 Å². The van der Waals surface area contributed by atoms with Crippen molar-refractivity contribution in [2.45, 2.75) is 61.8 Å². The number of rotatable bonds is 11.